The molecule has 10 nitrogen and oxygen atoms in total. The van der Waals surface area contributed by atoms with Gasteiger partial charge in [0.15, 0.2) is 5.13 Å². The Balaban J connectivity index is 1.40. The van der Waals surface area contributed by atoms with E-state index >= 15 is 0 Å². The average molecular weight is 469 g/mol. The molecule has 0 radical (unpaired) electrons. The van der Waals surface area contributed by atoms with Crippen molar-refractivity contribution >= 4 is 38.4 Å². The van der Waals surface area contributed by atoms with Crippen LogP contribution in [0.1, 0.15) is 30.2 Å². The quantitative estimate of drug-likeness (QED) is 0.476. The molecule has 1 N–H and O–H groups in total. The molecule has 4 aromatic rings. The molecule has 1 fully saturated rings. The molecule has 170 valence electrons. The third-order valence-corrected chi connectivity index (χ3v) is 6.27. The molecule has 5 rings (SSSR count). The molecule has 1 saturated heterocycles. The molecule has 0 unspecified atom stereocenters. The van der Waals surface area contributed by atoms with E-state index in [1.54, 1.807) is 22.9 Å². The Kier molecular flexibility index (Phi) is 5.68. The molecule has 1 aliphatic rings. The second kappa shape index (κ2) is 8.79. The Morgan fingerprint density at radius 3 is 2.82 bits per heavy atom. The monoisotopic (exact) mass is 468 g/mol. The number of carbonyl (C=O) groups is 1. The Hall–Kier alpha value is -3.51. The molecule has 1 aliphatic heterocycles. The van der Waals surface area contributed by atoms with Gasteiger partial charge < -0.3 is 15.0 Å². The number of aromatic nitrogens is 6. The first-order valence-corrected chi connectivity index (χ1v) is 11.3. The number of fused-ring (bicyclic) bond motifs is 1. The van der Waals surface area contributed by atoms with Gasteiger partial charge in [-0.15, -0.1) is 5.10 Å². The van der Waals surface area contributed by atoms with E-state index in [2.05, 4.69) is 35.7 Å². The van der Waals surface area contributed by atoms with Crippen molar-refractivity contribution in [3.05, 3.63) is 41.7 Å². The minimum absolute atomic E-state index is 0.0395. The molecule has 0 spiro atoms. The fourth-order valence-corrected chi connectivity index (χ4v) is 4.56. The number of thiazole rings is 1. The van der Waals surface area contributed by atoms with Crippen molar-refractivity contribution in [2.24, 2.45) is 0 Å². The lowest BCUT2D eigenvalue weighted by atomic mass is 10.2. The van der Waals surface area contributed by atoms with Gasteiger partial charge in [0.1, 0.15) is 17.3 Å². The van der Waals surface area contributed by atoms with Crippen LogP contribution in [0.4, 0.5) is 15.3 Å². The number of nitrogens with one attached hydrogen (secondary N) is 1. The summed E-state index contributed by atoms with van der Waals surface area (Å²) in [6.07, 6.45) is 0. The first kappa shape index (κ1) is 21.3. The van der Waals surface area contributed by atoms with Crippen LogP contribution in [0.2, 0.25) is 0 Å². The molecule has 12 heteroatoms. The van der Waals surface area contributed by atoms with Crippen molar-refractivity contribution in [2.75, 3.05) is 36.5 Å². The van der Waals surface area contributed by atoms with Crippen LogP contribution in [0.25, 0.3) is 21.7 Å². The summed E-state index contributed by atoms with van der Waals surface area (Å²) in [4.78, 5) is 23.9. The van der Waals surface area contributed by atoms with Gasteiger partial charge in [-0.1, -0.05) is 17.4 Å². The lowest BCUT2D eigenvalue weighted by Crippen LogP contribution is -2.36. The minimum Gasteiger partial charge on any atom is -0.378 e. The smallest absolute Gasteiger partial charge is 0.259 e. The fraction of sp³-hybridized carbons (Fsp3) is 0.333. The van der Waals surface area contributed by atoms with Gasteiger partial charge in [-0.05, 0) is 42.5 Å². The van der Waals surface area contributed by atoms with Crippen LogP contribution < -0.4 is 10.2 Å². The Labute approximate surface area is 192 Å². The first-order valence-electron chi connectivity index (χ1n) is 10.5. The van der Waals surface area contributed by atoms with E-state index in [0.717, 1.165) is 22.9 Å². The summed E-state index contributed by atoms with van der Waals surface area (Å²) in [7, 11) is 0. The molecule has 0 saturated carbocycles. The standard InChI is InChI=1S/C21H21FN8O2S/c1-12(2)30-19(26-27-28-30)15-4-3-5-18(23-15)25-20(31)13-10-17-16(11-14(13)22)24-21(33-17)29-6-8-32-9-7-29/h3-5,10-12H,6-9H2,1-2H3,(H,23,25,31). The number of benzene rings is 1. The molecule has 1 amide bonds. The maximum atomic E-state index is 14.8. The molecule has 0 bridgehead atoms. The van der Waals surface area contributed by atoms with E-state index in [1.165, 1.54) is 23.5 Å². The summed E-state index contributed by atoms with van der Waals surface area (Å²) < 4.78 is 22.5. The molecule has 1 aromatic carbocycles. The Morgan fingerprint density at radius 2 is 2.03 bits per heavy atom. The normalized spacial score (nSPS) is 14.2. The van der Waals surface area contributed by atoms with Crippen LogP contribution in [0.5, 0.6) is 0 Å². The number of nitrogens with zero attached hydrogens (tertiary/aromatic N) is 7. The first-order chi connectivity index (χ1) is 16.0. The van der Waals surface area contributed by atoms with Crippen molar-refractivity contribution in [3.63, 3.8) is 0 Å². The summed E-state index contributed by atoms with van der Waals surface area (Å²) in [6.45, 7) is 6.64. The molecule has 0 atom stereocenters. The Morgan fingerprint density at radius 1 is 1.21 bits per heavy atom. The maximum Gasteiger partial charge on any atom is 0.259 e. The van der Waals surface area contributed by atoms with Crippen molar-refractivity contribution in [1.82, 2.24) is 30.2 Å². The number of tetrazole rings is 1. The van der Waals surface area contributed by atoms with Crippen LogP contribution in [-0.4, -0.2) is 62.4 Å². The van der Waals surface area contributed by atoms with Crippen molar-refractivity contribution < 1.29 is 13.9 Å². The number of hydrogen-bond donors (Lipinski definition) is 1. The van der Waals surface area contributed by atoms with E-state index in [1.807, 2.05) is 13.8 Å². The lowest BCUT2D eigenvalue weighted by Gasteiger charge is -2.25. The van der Waals surface area contributed by atoms with Crippen LogP contribution >= 0.6 is 11.3 Å². The highest BCUT2D eigenvalue weighted by Crippen LogP contribution is 2.31. The van der Waals surface area contributed by atoms with E-state index in [-0.39, 0.29) is 17.4 Å². The van der Waals surface area contributed by atoms with Gasteiger partial charge >= 0.3 is 0 Å². The molecular weight excluding hydrogens is 447 g/mol. The van der Waals surface area contributed by atoms with Crippen LogP contribution in [0, 0.1) is 5.82 Å². The van der Waals surface area contributed by atoms with E-state index in [4.69, 9.17) is 4.74 Å². The maximum absolute atomic E-state index is 14.8. The third-order valence-electron chi connectivity index (χ3n) is 5.19. The topological polar surface area (TPSA) is 111 Å². The highest BCUT2D eigenvalue weighted by Gasteiger charge is 2.20. The van der Waals surface area contributed by atoms with Crippen molar-refractivity contribution in [3.8, 4) is 11.5 Å². The largest absolute Gasteiger partial charge is 0.378 e. The lowest BCUT2D eigenvalue weighted by molar-refractivity contribution is 0.102. The summed E-state index contributed by atoms with van der Waals surface area (Å²) in [6, 6.07) is 7.98. The van der Waals surface area contributed by atoms with Gasteiger partial charge in [0, 0.05) is 19.2 Å². The summed E-state index contributed by atoms with van der Waals surface area (Å²) in [5.74, 6) is -0.481. The van der Waals surface area contributed by atoms with Crippen molar-refractivity contribution in [1.29, 1.82) is 0 Å². The van der Waals surface area contributed by atoms with E-state index in [9.17, 15) is 9.18 Å². The average Bonchev–Trinajstić information content (AvgIpc) is 3.46. The number of morpholine rings is 1. The van der Waals surface area contributed by atoms with Crippen LogP contribution in [0.3, 0.4) is 0 Å². The van der Waals surface area contributed by atoms with Gasteiger partial charge in [0.25, 0.3) is 5.91 Å². The van der Waals surface area contributed by atoms with E-state index in [0.29, 0.717) is 30.2 Å². The SMILES string of the molecule is CC(C)n1nnnc1-c1cccc(NC(=O)c2cc3sc(N4CCOCC4)nc3cc2F)n1. The number of anilines is 2. The van der Waals surface area contributed by atoms with Crippen LogP contribution in [-0.2, 0) is 4.74 Å². The van der Waals surface area contributed by atoms with Gasteiger partial charge in [-0.25, -0.2) is 19.0 Å². The molecule has 4 heterocycles. The number of ether oxygens (including phenoxy) is 1. The number of hydrogen-bond acceptors (Lipinski definition) is 9. The zero-order valence-corrected chi connectivity index (χ0v) is 18.8. The van der Waals surface area contributed by atoms with Crippen LogP contribution in [0.15, 0.2) is 30.3 Å². The molecule has 33 heavy (non-hydrogen) atoms. The summed E-state index contributed by atoms with van der Waals surface area (Å²) in [5, 5.41) is 15.2. The predicted octanol–water partition coefficient (Wildman–Crippen LogP) is 3.15. The highest BCUT2D eigenvalue weighted by atomic mass is 32.1. The summed E-state index contributed by atoms with van der Waals surface area (Å²) >= 11 is 1.43. The number of pyridine rings is 1. The minimum atomic E-state index is -0.640. The van der Waals surface area contributed by atoms with Gasteiger partial charge in [0.05, 0.1) is 35.0 Å². The number of amides is 1. The van der Waals surface area contributed by atoms with Gasteiger partial charge in [-0.2, -0.15) is 0 Å². The number of rotatable bonds is 5. The molecular formula is C21H21FN8O2S. The molecule has 0 aliphatic carbocycles. The zero-order valence-electron chi connectivity index (χ0n) is 18.0. The second-order valence-electron chi connectivity index (χ2n) is 7.80. The summed E-state index contributed by atoms with van der Waals surface area (Å²) in [5.41, 5.74) is 0.954. The van der Waals surface area contributed by atoms with Gasteiger partial charge in [-0.3, -0.25) is 4.79 Å². The predicted molar refractivity (Wildman–Crippen MR) is 122 cm³/mol. The van der Waals surface area contributed by atoms with Gasteiger partial charge in [0.2, 0.25) is 5.82 Å². The van der Waals surface area contributed by atoms with Crippen molar-refractivity contribution in [2.45, 2.75) is 19.9 Å². The second-order valence-corrected chi connectivity index (χ2v) is 8.81. The molecule has 3 aromatic heterocycles. The number of carbonyl (C=O) groups excluding carboxylic acids is 1. The zero-order chi connectivity index (χ0) is 22.9. The fourth-order valence-electron chi connectivity index (χ4n) is 3.52. The third kappa shape index (κ3) is 4.26. The Bertz CT molecular complexity index is 1310. The number of halogens is 1. The van der Waals surface area contributed by atoms with E-state index < -0.39 is 11.7 Å². The highest BCUT2D eigenvalue weighted by molar-refractivity contribution is 7.22.